The lowest BCUT2D eigenvalue weighted by atomic mass is 10.1. The number of ether oxygens (including phenoxy) is 2. The summed E-state index contributed by atoms with van der Waals surface area (Å²) in [5.41, 5.74) is 0. The van der Waals surface area contributed by atoms with Crippen molar-refractivity contribution in [1.29, 1.82) is 0 Å². The molecule has 0 unspecified atom stereocenters. The fourth-order valence-corrected chi connectivity index (χ4v) is 3.89. The molecule has 10 heteroatoms. The van der Waals surface area contributed by atoms with Crippen LogP contribution in [0.3, 0.4) is 0 Å². The van der Waals surface area contributed by atoms with E-state index >= 15 is 0 Å². The topological polar surface area (TPSA) is 127 Å². The first-order valence-corrected chi connectivity index (χ1v) is 8.62. The number of rotatable bonds is 4. The van der Waals surface area contributed by atoms with Gasteiger partial charge in [0, 0.05) is 10.8 Å². The van der Waals surface area contributed by atoms with Crippen LogP contribution >= 0.6 is 0 Å². The first kappa shape index (κ1) is 16.5. The third-order valence-corrected chi connectivity index (χ3v) is 4.86. The Kier molecular flexibility index (Phi) is 4.04. The molecule has 0 atom stereocenters. The van der Waals surface area contributed by atoms with Gasteiger partial charge < -0.3 is 9.47 Å². The minimum Gasteiger partial charge on any atom is -0.495 e. The zero-order valence-corrected chi connectivity index (χ0v) is 13.1. The Morgan fingerprint density at radius 3 is 1.27 bits per heavy atom. The normalized spacial score (nSPS) is 12.4. The fourth-order valence-electron chi connectivity index (χ4n) is 2.16. The van der Waals surface area contributed by atoms with E-state index in [0.717, 1.165) is 0 Å². The molecule has 0 aliphatic carbocycles. The Morgan fingerprint density at radius 2 is 1.05 bits per heavy atom. The fraction of sp³-hybridized carbons (Fsp3) is 0.167. The average molecular weight is 348 g/mol. The molecule has 0 aromatic heterocycles. The molecule has 8 nitrogen and oxygen atoms in total. The van der Waals surface area contributed by atoms with Crippen molar-refractivity contribution in [3.8, 4) is 11.5 Å². The third kappa shape index (κ3) is 2.73. The van der Waals surface area contributed by atoms with E-state index in [1.807, 2.05) is 0 Å². The zero-order valence-electron chi connectivity index (χ0n) is 11.5. The number of fused-ring (bicyclic) bond motifs is 1. The molecule has 2 rings (SSSR count). The summed E-state index contributed by atoms with van der Waals surface area (Å²) < 4.78 is 74.8. The van der Waals surface area contributed by atoms with Gasteiger partial charge in [-0.2, -0.15) is 16.8 Å². The van der Waals surface area contributed by atoms with E-state index in [2.05, 4.69) is 0 Å². The lowest BCUT2D eigenvalue weighted by Gasteiger charge is -2.13. The van der Waals surface area contributed by atoms with Crippen LogP contribution in [-0.2, 0) is 20.2 Å². The smallest absolute Gasteiger partial charge is 0.298 e. The first-order valence-electron chi connectivity index (χ1n) is 5.74. The first-order chi connectivity index (χ1) is 10.1. The molecule has 22 heavy (non-hydrogen) atoms. The number of benzene rings is 2. The van der Waals surface area contributed by atoms with Gasteiger partial charge in [-0.1, -0.05) is 0 Å². The Bertz CT molecular complexity index is 865. The van der Waals surface area contributed by atoms with Crippen LogP contribution in [0.1, 0.15) is 0 Å². The van der Waals surface area contributed by atoms with Gasteiger partial charge in [-0.25, -0.2) is 0 Å². The van der Waals surface area contributed by atoms with Gasteiger partial charge in [0.15, 0.2) is 0 Å². The van der Waals surface area contributed by atoms with Gasteiger partial charge in [0.25, 0.3) is 20.2 Å². The van der Waals surface area contributed by atoms with Crippen molar-refractivity contribution in [1.82, 2.24) is 0 Å². The van der Waals surface area contributed by atoms with Crippen LogP contribution in [0, 0.1) is 0 Å². The van der Waals surface area contributed by atoms with Crippen molar-refractivity contribution in [2.45, 2.75) is 9.79 Å². The molecule has 0 bridgehead atoms. The van der Waals surface area contributed by atoms with Gasteiger partial charge in [-0.15, -0.1) is 0 Å². The van der Waals surface area contributed by atoms with Gasteiger partial charge in [-0.3, -0.25) is 9.11 Å². The lowest BCUT2D eigenvalue weighted by Crippen LogP contribution is -2.06. The molecule has 0 saturated carbocycles. The Balaban J connectivity index is 3.11. The quantitative estimate of drug-likeness (QED) is 0.793. The molecule has 0 aliphatic rings. The summed E-state index contributed by atoms with van der Waals surface area (Å²) in [7, 11) is -7.00. The summed E-state index contributed by atoms with van der Waals surface area (Å²) in [6, 6.07) is 4.82. The maximum Gasteiger partial charge on any atom is 0.298 e. The summed E-state index contributed by atoms with van der Waals surface area (Å²) in [5, 5.41) is -0.259. The highest BCUT2D eigenvalue weighted by molar-refractivity contribution is 7.86. The van der Waals surface area contributed by atoms with Gasteiger partial charge in [0.05, 0.1) is 14.2 Å². The number of hydrogen-bond donors (Lipinski definition) is 2. The Labute approximate surface area is 126 Å². The summed E-state index contributed by atoms with van der Waals surface area (Å²) in [5.74, 6) is -0.331. The van der Waals surface area contributed by atoms with E-state index in [9.17, 15) is 25.9 Å². The van der Waals surface area contributed by atoms with Crippen LogP contribution in [0.15, 0.2) is 34.1 Å². The van der Waals surface area contributed by atoms with Crippen molar-refractivity contribution in [3.05, 3.63) is 24.3 Å². The second-order valence-corrected chi connectivity index (χ2v) is 6.96. The maximum absolute atomic E-state index is 11.6. The molecule has 0 radical (unpaired) electrons. The van der Waals surface area contributed by atoms with E-state index in [1.165, 1.54) is 38.5 Å². The van der Waals surface area contributed by atoms with Gasteiger partial charge in [0.2, 0.25) is 0 Å². The maximum atomic E-state index is 11.6. The Hall–Kier alpha value is -1.88. The van der Waals surface area contributed by atoms with E-state index in [-0.39, 0.29) is 22.3 Å². The van der Waals surface area contributed by atoms with Gasteiger partial charge in [0.1, 0.15) is 21.3 Å². The van der Waals surface area contributed by atoms with Gasteiger partial charge in [-0.05, 0) is 24.3 Å². The molecule has 0 spiro atoms. The highest BCUT2D eigenvalue weighted by Crippen LogP contribution is 2.38. The molecule has 0 heterocycles. The number of methoxy groups -OCH3 is 2. The molecule has 2 aromatic rings. The summed E-state index contributed by atoms with van der Waals surface area (Å²) in [6.07, 6.45) is 0. The SMILES string of the molecule is COc1ccc2c(S(=O)(=O)O)c(OC)ccc2c1S(=O)(=O)O. The van der Waals surface area contributed by atoms with Crippen LogP contribution in [0.25, 0.3) is 10.8 Å². The molecule has 120 valence electrons. The average Bonchev–Trinajstić information content (AvgIpc) is 2.42. The van der Waals surface area contributed by atoms with Crippen LogP contribution in [0.5, 0.6) is 11.5 Å². The predicted octanol–water partition coefficient (Wildman–Crippen LogP) is 1.35. The van der Waals surface area contributed by atoms with E-state index in [4.69, 9.17) is 9.47 Å². The highest BCUT2D eigenvalue weighted by Gasteiger charge is 2.26. The summed E-state index contributed by atoms with van der Waals surface area (Å²) in [4.78, 5) is -1.19. The molecule has 0 amide bonds. The van der Waals surface area contributed by atoms with E-state index in [0.29, 0.717) is 0 Å². The second kappa shape index (κ2) is 5.39. The van der Waals surface area contributed by atoms with E-state index in [1.54, 1.807) is 0 Å². The largest absolute Gasteiger partial charge is 0.495 e. The minimum atomic E-state index is -4.70. The van der Waals surface area contributed by atoms with E-state index < -0.39 is 30.0 Å². The standard InChI is InChI=1S/C12H12O8S2/c1-19-9-5-3-8-7(11(9)21(13,14)15)4-6-10(20-2)12(8)22(16,17)18/h3-6H,1-2H3,(H,13,14,15)(H,16,17,18). The molecule has 0 saturated heterocycles. The summed E-state index contributed by atoms with van der Waals surface area (Å²) in [6.45, 7) is 0. The van der Waals surface area contributed by atoms with Gasteiger partial charge >= 0.3 is 0 Å². The highest BCUT2D eigenvalue weighted by atomic mass is 32.2. The minimum absolute atomic E-state index is 0.129. The lowest BCUT2D eigenvalue weighted by molar-refractivity contribution is 0.396. The van der Waals surface area contributed by atoms with Crippen LogP contribution < -0.4 is 9.47 Å². The monoisotopic (exact) mass is 348 g/mol. The Morgan fingerprint density at radius 1 is 0.727 bits per heavy atom. The molecular formula is C12H12O8S2. The van der Waals surface area contributed by atoms with Crippen molar-refractivity contribution >= 4 is 31.0 Å². The summed E-state index contributed by atoms with van der Waals surface area (Å²) >= 11 is 0. The van der Waals surface area contributed by atoms with Crippen molar-refractivity contribution in [3.63, 3.8) is 0 Å². The zero-order chi connectivity index (χ0) is 16.7. The molecule has 0 fully saturated rings. The third-order valence-electron chi connectivity index (χ3n) is 2.99. The molecule has 0 aliphatic heterocycles. The molecular weight excluding hydrogens is 336 g/mol. The predicted molar refractivity (Wildman–Crippen MR) is 76.7 cm³/mol. The van der Waals surface area contributed by atoms with Crippen molar-refractivity contribution in [2.24, 2.45) is 0 Å². The second-order valence-electron chi connectivity index (χ2n) is 4.24. The molecule has 2 N–H and O–H groups in total. The van der Waals surface area contributed by atoms with Crippen LogP contribution in [0.4, 0.5) is 0 Å². The van der Waals surface area contributed by atoms with Crippen molar-refractivity contribution < 1.29 is 35.4 Å². The number of hydrogen-bond acceptors (Lipinski definition) is 6. The molecule has 2 aromatic carbocycles. The van der Waals surface area contributed by atoms with Crippen molar-refractivity contribution in [2.75, 3.05) is 14.2 Å². The van der Waals surface area contributed by atoms with Crippen LogP contribution in [0.2, 0.25) is 0 Å². The van der Waals surface area contributed by atoms with Crippen LogP contribution in [-0.4, -0.2) is 40.2 Å².